The van der Waals surface area contributed by atoms with Crippen LogP contribution in [0.25, 0.3) is 0 Å². The van der Waals surface area contributed by atoms with E-state index < -0.39 is 0 Å². The summed E-state index contributed by atoms with van der Waals surface area (Å²) >= 11 is 13.0. The molecule has 0 amide bonds. The largest absolute Gasteiger partial charge is 0.379 e. The highest BCUT2D eigenvalue weighted by atomic mass is 35.5. The monoisotopic (exact) mass is 606 g/mol. The number of nitrogens with one attached hydrogen (secondary N) is 1. The number of aromatic nitrogens is 2. The fourth-order valence-electron chi connectivity index (χ4n) is 6.85. The molecule has 3 fully saturated rings. The summed E-state index contributed by atoms with van der Waals surface area (Å²) in [5.74, 6) is 0.773. The van der Waals surface area contributed by atoms with Crippen molar-refractivity contribution in [3.8, 4) is 0 Å². The summed E-state index contributed by atoms with van der Waals surface area (Å²) in [6.07, 6.45) is 5.37. The zero-order chi connectivity index (χ0) is 29.2. The number of pyridine rings is 1. The Bertz CT molecular complexity index is 1380. The molecular weight excluding hydrogens is 564 g/mol. The predicted octanol–water partition coefficient (Wildman–Crippen LogP) is 6.29. The summed E-state index contributed by atoms with van der Waals surface area (Å²) in [6.45, 7) is 14.7. The number of piperidine rings is 1. The van der Waals surface area contributed by atoms with Crippen LogP contribution in [0.5, 0.6) is 0 Å². The Morgan fingerprint density at radius 3 is 2.52 bits per heavy atom. The van der Waals surface area contributed by atoms with E-state index in [-0.39, 0.29) is 12.1 Å². The average molecular weight is 607 g/mol. The summed E-state index contributed by atoms with van der Waals surface area (Å²) in [7, 11) is 0. The van der Waals surface area contributed by atoms with Crippen molar-refractivity contribution in [2.24, 2.45) is 5.92 Å². The Morgan fingerprint density at radius 2 is 1.81 bits per heavy atom. The lowest BCUT2D eigenvalue weighted by atomic mass is 9.96. The van der Waals surface area contributed by atoms with Crippen LogP contribution in [-0.4, -0.2) is 65.5 Å². The molecule has 6 rings (SSSR count). The minimum Gasteiger partial charge on any atom is -0.379 e. The number of thiocarbonyl (C=S) groups is 1. The normalized spacial score (nSPS) is 22.1. The molecule has 224 valence electrons. The minimum absolute atomic E-state index is 0.0515. The van der Waals surface area contributed by atoms with Crippen molar-refractivity contribution in [2.45, 2.75) is 58.7 Å². The van der Waals surface area contributed by atoms with E-state index in [1.807, 2.05) is 18.3 Å². The van der Waals surface area contributed by atoms with E-state index in [9.17, 15) is 0 Å². The van der Waals surface area contributed by atoms with Gasteiger partial charge in [-0.05, 0) is 93.2 Å². The second-order valence-corrected chi connectivity index (χ2v) is 12.9. The van der Waals surface area contributed by atoms with E-state index in [0.29, 0.717) is 5.11 Å². The van der Waals surface area contributed by atoms with Crippen molar-refractivity contribution in [3.05, 3.63) is 76.3 Å². The molecule has 42 heavy (non-hydrogen) atoms. The molecule has 3 saturated heterocycles. The molecule has 0 radical (unpaired) electrons. The smallest absolute Gasteiger partial charge is 0.174 e. The number of hydrogen-bond donors (Lipinski definition) is 1. The molecule has 0 aliphatic carbocycles. The number of morpholine rings is 1. The summed E-state index contributed by atoms with van der Waals surface area (Å²) in [6, 6.07) is 14.8. The van der Waals surface area contributed by atoms with Crippen LogP contribution in [0.4, 0.5) is 11.4 Å². The maximum atomic E-state index is 6.99. The molecule has 0 saturated carbocycles. The Balaban J connectivity index is 1.31. The number of anilines is 2. The van der Waals surface area contributed by atoms with Crippen molar-refractivity contribution in [3.63, 3.8) is 0 Å². The van der Waals surface area contributed by atoms with Gasteiger partial charge in [0.05, 0.1) is 41.7 Å². The van der Waals surface area contributed by atoms with Gasteiger partial charge in [-0.1, -0.05) is 24.6 Å². The topological polar surface area (TPSA) is 48.8 Å². The molecule has 3 aromatic rings. The zero-order valence-corrected chi connectivity index (χ0v) is 26.6. The van der Waals surface area contributed by atoms with Gasteiger partial charge in [0.15, 0.2) is 5.11 Å². The van der Waals surface area contributed by atoms with Gasteiger partial charge in [0.25, 0.3) is 0 Å². The van der Waals surface area contributed by atoms with Gasteiger partial charge in [0, 0.05) is 62.5 Å². The lowest BCUT2D eigenvalue weighted by Gasteiger charge is -2.33. The molecule has 3 aliphatic heterocycles. The summed E-state index contributed by atoms with van der Waals surface area (Å²) < 4.78 is 8.00. The Labute approximate surface area is 260 Å². The molecule has 3 aliphatic rings. The standard InChI is InChI=1S/C33H43ClN6OS/c1-23-10-15-38(16-11-23)30-9-8-26(22-28(30)34)40-32(31(36-33(40)42)29-7-4-5-12-35-29)27-21-24(2)39(25(27)3)14-6-13-37-17-19-41-20-18-37/h4-5,7-9,12,21-23,31-32H,6,10-11,13-20H2,1-3H3,(H,36,42)/t31-,32+/m0/s1. The zero-order valence-electron chi connectivity index (χ0n) is 25.1. The van der Waals surface area contributed by atoms with E-state index in [2.05, 4.69) is 75.7 Å². The summed E-state index contributed by atoms with van der Waals surface area (Å²) in [5, 5.41) is 5.10. The number of benzene rings is 1. The molecule has 1 N–H and O–H groups in total. The van der Waals surface area contributed by atoms with Crippen LogP contribution in [-0.2, 0) is 11.3 Å². The quantitative estimate of drug-likeness (QED) is 0.303. The highest BCUT2D eigenvalue weighted by Crippen LogP contribution is 2.45. The average Bonchev–Trinajstić information content (AvgIpc) is 3.49. The lowest BCUT2D eigenvalue weighted by molar-refractivity contribution is 0.0369. The predicted molar refractivity (Wildman–Crippen MR) is 176 cm³/mol. The highest BCUT2D eigenvalue weighted by molar-refractivity contribution is 7.80. The van der Waals surface area contributed by atoms with E-state index in [0.717, 1.165) is 86.9 Å². The van der Waals surface area contributed by atoms with Crippen LogP contribution in [0.2, 0.25) is 5.02 Å². The van der Waals surface area contributed by atoms with Crippen molar-refractivity contribution in [2.75, 3.05) is 55.7 Å². The maximum Gasteiger partial charge on any atom is 0.174 e. The molecule has 2 atom stereocenters. The molecule has 0 bridgehead atoms. The lowest BCUT2D eigenvalue weighted by Crippen LogP contribution is -2.37. The summed E-state index contributed by atoms with van der Waals surface area (Å²) in [4.78, 5) is 11.9. The van der Waals surface area contributed by atoms with Crippen molar-refractivity contribution >= 4 is 40.3 Å². The number of rotatable bonds is 8. The molecule has 5 heterocycles. The van der Waals surface area contributed by atoms with Crippen LogP contribution in [0.15, 0.2) is 48.7 Å². The number of nitrogens with zero attached hydrogens (tertiary/aromatic N) is 5. The third-order valence-corrected chi connectivity index (χ3v) is 9.94. The van der Waals surface area contributed by atoms with Crippen LogP contribution in [0, 0.1) is 19.8 Å². The Hall–Kier alpha value is -2.65. The van der Waals surface area contributed by atoms with E-state index in [1.54, 1.807) is 0 Å². The van der Waals surface area contributed by atoms with Gasteiger partial charge in [-0.3, -0.25) is 9.88 Å². The number of hydrogen-bond acceptors (Lipinski definition) is 5. The molecular formula is C33H43ClN6OS. The minimum atomic E-state index is -0.0805. The molecule has 9 heteroatoms. The van der Waals surface area contributed by atoms with Gasteiger partial charge in [-0.2, -0.15) is 0 Å². The first-order chi connectivity index (χ1) is 20.4. The van der Waals surface area contributed by atoms with Gasteiger partial charge in [0.2, 0.25) is 0 Å². The van der Waals surface area contributed by atoms with E-state index in [4.69, 9.17) is 33.5 Å². The third-order valence-electron chi connectivity index (χ3n) is 9.32. The Morgan fingerprint density at radius 1 is 1.02 bits per heavy atom. The van der Waals surface area contributed by atoms with Gasteiger partial charge in [-0.25, -0.2) is 0 Å². The second kappa shape index (κ2) is 12.9. The molecule has 1 aromatic carbocycles. The first kappa shape index (κ1) is 29.4. The second-order valence-electron chi connectivity index (χ2n) is 12.1. The maximum absolute atomic E-state index is 6.99. The number of halogens is 1. The van der Waals surface area contributed by atoms with Crippen LogP contribution in [0.3, 0.4) is 0 Å². The van der Waals surface area contributed by atoms with Crippen molar-refractivity contribution in [1.82, 2.24) is 19.8 Å². The molecule has 7 nitrogen and oxygen atoms in total. The van der Waals surface area contributed by atoms with E-state index in [1.165, 1.54) is 29.8 Å². The first-order valence-electron chi connectivity index (χ1n) is 15.4. The van der Waals surface area contributed by atoms with Crippen LogP contribution >= 0.6 is 23.8 Å². The highest BCUT2D eigenvalue weighted by Gasteiger charge is 2.42. The number of ether oxygens (including phenoxy) is 1. The van der Waals surface area contributed by atoms with Crippen molar-refractivity contribution in [1.29, 1.82) is 0 Å². The Kier molecular flexibility index (Phi) is 9.05. The SMILES string of the molecule is Cc1cc([C@@H]2[C@H](c3ccccn3)NC(=S)N2c2ccc(N3CCC(C)CC3)c(Cl)c2)c(C)n1CCCN1CCOCC1. The van der Waals surface area contributed by atoms with Crippen LogP contribution in [0.1, 0.15) is 60.9 Å². The van der Waals surface area contributed by atoms with E-state index >= 15 is 0 Å². The summed E-state index contributed by atoms with van der Waals surface area (Å²) in [5.41, 5.74) is 6.92. The third kappa shape index (κ3) is 6.05. The fraction of sp³-hybridized carbons (Fsp3) is 0.515. The number of aryl methyl sites for hydroxylation is 1. The first-order valence-corrected chi connectivity index (χ1v) is 16.2. The van der Waals surface area contributed by atoms with Crippen LogP contribution < -0.4 is 15.1 Å². The molecule has 2 aromatic heterocycles. The fourth-order valence-corrected chi connectivity index (χ4v) is 7.49. The molecule has 0 unspecified atom stereocenters. The van der Waals surface area contributed by atoms with Gasteiger partial charge in [0.1, 0.15) is 0 Å². The van der Waals surface area contributed by atoms with Gasteiger partial charge < -0.3 is 24.4 Å². The van der Waals surface area contributed by atoms with Gasteiger partial charge in [-0.15, -0.1) is 0 Å². The van der Waals surface area contributed by atoms with Crippen molar-refractivity contribution < 1.29 is 4.74 Å². The molecule has 0 spiro atoms. The van der Waals surface area contributed by atoms with Gasteiger partial charge >= 0.3 is 0 Å².